The first-order chi connectivity index (χ1) is 20.9. The molecule has 3 heterocycles. The van der Waals surface area contributed by atoms with Gasteiger partial charge in [-0.05, 0) is 69.6 Å². The van der Waals surface area contributed by atoms with Crippen molar-refractivity contribution < 1.29 is 13.7 Å². The summed E-state index contributed by atoms with van der Waals surface area (Å²) < 4.78 is 7.03. The topological polar surface area (TPSA) is 11.6 Å². The standard InChI is InChI=1S/C40H64N3/c1-35-30-36(2)34-42(33-35)26-20-16-12-8-6-10-15-19-23-40-25-29-43(38(4)32-40)27-21-17-13-9-7-11-14-18-22-39-24-28-41(5)37(3)31-39/h24-25,28-34H,6-23,26-27H2,1-5H3/q+3. The van der Waals surface area contributed by atoms with Gasteiger partial charge in [-0.25, -0.2) is 13.7 Å². The van der Waals surface area contributed by atoms with Crippen molar-refractivity contribution in [3.63, 3.8) is 0 Å². The molecule has 0 fully saturated rings. The molecular weight excluding hydrogens is 522 g/mol. The number of hydrogen-bond donors (Lipinski definition) is 0. The molecule has 43 heavy (non-hydrogen) atoms. The molecule has 0 aliphatic heterocycles. The molecule has 3 rings (SSSR count). The molecule has 0 aliphatic rings. The minimum atomic E-state index is 1.16. The predicted molar refractivity (Wildman–Crippen MR) is 181 cm³/mol. The van der Waals surface area contributed by atoms with Crippen LogP contribution in [-0.2, 0) is 33.0 Å². The van der Waals surface area contributed by atoms with Crippen LogP contribution in [0.3, 0.4) is 0 Å². The Hall–Kier alpha value is -2.55. The number of nitrogens with zero attached hydrogens (tertiary/aromatic N) is 3. The van der Waals surface area contributed by atoms with Crippen LogP contribution in [-0.4, -0.2) is 0 Å². The van der Waals surface area contributed by atoms with Gasteiger partial charge < -0.3 is 0 Å². The van der Waals surface area contributed by atoms with Crippen molar-refractivity contribution >= 4 is 0 Å². The molecule has 0 atom stereocenters. The summed E-state index contributed by atoms with van der Waals surface area (Å²) in [5.74, 6) is 0. The van der Waals surface area contributed by atoms with Gasteiger partial charge in [-0.3, -0.25) is 0 Å². The molecule has 0 aromatic carbocycles. The maximum atomic E-state index is 2.47. The lowest BCUT2D eigenvalue weighted by molar-refractivity contribution is -0.703. The van der Waals surface area contributed by atoms with Gasteiger partial charge in [-0.1, -0.05) is 64.2 Å². The van der Waals surface area contributed by atoms with Crippen LogP contribution in [0.4, 0.5) is 0 Å². The monoisotopic (exact) mass is 587 g/mol. The van der Waals surface area contributed by atoms with E-state index in [0.717, 1.165) is 6.54 Å². The second-order valence-electron chi connectivity index (χ2n) is 13.4. The van der Waals surface area contributed by atoms with Crippen molar-refractivity contribution in [1.29, 1.82) is 0 Å². The van der Waals surface area contributed by atoms with Gasteiger partial charge in [0, 0.05) is 62.1 Å². The first-order valence-electron chi connectivity index (χ1n) is 17.8. The molecule has 3 heteroatoms. The Morgan fingerprint density at radius 1 is 0.465 bits per heavy atom. The number of pyridine rings is 3. The van der Waals surface area contributed by atoms with E-state index < -0.39 is 0 Å². The smallest absolute Gasteiger partial charge is 0.178 e. The highest BCUT2D eigenvalue weighted by Crippen LogP contribution is 2.13. The first-order valence-corrected chi connectivity index (χ1v) is 17.8. The number of rotatable bonds is 22. The van der Waals surface area contributed by atoms with Crippen LogP contribution in [0.25, 0.3) is 0 Å². The molecule has 236 valence electrons. The molecule has 0 spiro atoms. The third-order valence-corrected chi connectivity index (χ3v) is 9.22. The molecule has 0 unspecified atom stereocenters. The summed E-state index contributed by atoms with van der Waals surface area (Å²) in [6, 6.07) is 11.7. The molecule has 0 amide bonds. The Bertz CT molecular complexity index is 1180. The lowest BCUT2D eigenvalue weighted by Gasteiger charge is -2.06. The van der Waals surface area contributed by atoms with Crippen molar-refractivity contribution in [3.05, 3.63) is 88.8 Å². The summed E-state index contributed by atoms with van der Waals surface area (Å²) in [7, 11) is 2.12. The Kier molecular flexibility index (Phi) is 16.6. The molecule has 3 aromatic heterocycles. The lowest BCUT2D eigenvalue weighted by atomic mass is 10.0. The zero-order valence-corrected chi connectivity index (χ0v) is 28.7. The highest BCUT2D eigenvalue weighted by Gasteiger charge is 2.08. The SMILES string of the molecule is Cc1cc(C)c[n+](CCCCCCCCCCc2cc[n+](CCCCCCCCCCc3cc[n+](C)c(C)c3)c(C)c2)c1. The normalized spacial score (nSPS) is 11.4. The summed E-state index contributed by atoms with van der Waals surface area (Å²) in [6.45, 7) is 11.2. The van der Waals surface area contributed by atoms with Gasteiger partial charge in [0.2, 0.25) is 0 Å². The zero-order valence-electron chi connectivity index (χ0n) is 28.7. The Labute approximate surface area is 265 Å². The summed E-state index contributed by atoms with van der Waals surface area (Å²) in [4.78, 5) is 0. The second-order valence-corrected chi connectivity index (χ2v) is 13.4. The van der Waals surface area contributed by atoms with Crippen molar-refractivity contribution in [1.82, 2.24) is 0 Å². The Morgan fingerprint density at radius 3 is 1.42 bits per heavy atom. The van der Waals surface area contributed by atoms with Crippen LogP contribution in [0.5, 0.6) is 0 Å². The maximum absolute atomic E-state index is 2.47. The van der Waals surface area contributed by atoms with E-state index in [1.54, 1.807) is 0 Å². The predicted octanol–water partition coefficient (Wildman–Crippen LogP) is 9.05. The van der Waals surface area contributed by atoms with Crippen LogP contribution in [0.2, 0.25) is 0 Å². The maximum Gasteiger partial charge on any atom is 0.178 e. The molecule has 0 N–H and O–H groups in total. The van der Waals surface area contributed by atoms with Crippen molar-refractivity contribution in [3.8, 4) is 0 Å². The van der Waals surface area contributed by atoms with E-state index in [9.17, 15) is 0 Å². The molecule has 0 saturated carbocycles. The number of aromatic nitrogens is 3. The average Bonchev–Trinajstić information content (AvgIpc) is 2.97. The average molecular weight is 587 g/mol. The van der Waals surface area contributed by atoms with Gasteiger partial charge in [0.25, 0.3) is 0 Å². The largest absolute Gasteiger partial charge is 0.205 e. The zero-order chi connectivity index (χ0) is 30.7. The Morgan fingerprint density at radius 2 is 0.907 bits per heavy atom. The van der Waals surface area contributed by atoms with Crippen molar-refractivity contribution in [2.45, 2.75) is 156 Å². The molecular formula is C40H64N3+3. The van der Waals surface area contributed by atoms with Gasteiger partial charge in [0.15, 0.2) is 36.2 Å². The van der Waals surface area contributed by atoms with Crippen LogP contribution in [0, 0.1) is 27.7 Å². The van der Waals surface area contributed by atoms with E-state index in [-0.39, 0.29) is 0 Å². The van der Waals surface area contributed by atoms with Crippen molar-refractivity contribution in [2.24, 2.45) is 7.05 Å². The van der Waals surface area contributed by atoms with E-state index in [0.29, 0.717) is 0 Å². The molecule has 0 radical (unpaired) electrons. The minimum absolute atomic E-state index is 1.16. The highest BCUT2D eigenvalue weighted by atomic mass is 14.9. The van der Waals surface area contributed by atoms with E-state index in [1.165, 1.54) is 156 Å². The van der Waals surface area contributed by atoms with Crippen LogP contribution >= 0.6 is 0 Å². The quantitative estimate of drug-likeness (QED) is 0.0822. The summed E-state index contributed by atoms with van der Waals surface area (Å²) in [6.07, 6.45) is 33.4. The molecule has 3 nitrogen and oxygen atoms in total. The second kappa shape index (κ2) is 20.4. The number of aryl methyl sites for hydroxylation is 9. The molecule has 3 aromatic rings. The third kappa shape index (κ3) is 14.7. The van der Waals surface area contributed by atoms with Gasteiger partial charge in [-0.15, -0.1) is 0 Å². The number of hydrogen-bond acceptors (Lipinski definition) is 0. The summed E-state index contributed by atoms with van der Waals surface area (Å²) in [5.41, 5.74) is 8.53. The fourth-order valence-corrected chi connectivity index (χ4v) is 6.49. The minimum Gasteiger partial charge on any atom is -0.205 e. The van der Waals surface area contributed by atoms with E-state index in [4.69, 9.17) is 0 Å². The molecule has 0 saturated heterocycles. The van der Waals surface area contributed by atoms with Gasteiger partial charge in [0.1, 0.15) is 20.1 Å². The van der Waals surface area contributed by atoms with E-state index in [2.05, 4.69) is 104 Å². The van der Waals surface area contributed by atoms with E-state index >= 15 is 0 Å². The van der Waals surface area contributed by atoms with Gasteiger partial charge >= 0.3 is 0 Å². The summed E-state index contributed by atoms with van der Waals surface area (Å²) in [5, 5.41) is 0. The van der Waals surface area contributed by atoms with Crippen LogP contribution in [0.1, 0.15) is 136 Å². The molecule has 0 bridgehead atoms. The van der Waals surface area contributed by atoms with Crippen LogP contribution < -0.4 is 13.7 Å². The third-order valence-electron chi connectivity index (χ3n) is 9.22. The molecule has 0 aliphatic carbocycles. The Balaban J connectivity index is 1.12. The first kappa shape index (κ1) is 34.9. The van der Waals surface area contributed by atoms with E-state index in [1.807, 2.05) is 0 Å². The van der Waals surface area contributed by atoms with Gasteiger partial charge in [-0.2, -0.15) is 0 Å². The fraction of sp³-hybridized carbons (Fsp3) is 0.625. The van der Waals surface area contributed by atoms with Crippen LogP contribution in [0.15, 0.2) is 55.1 Å². The van der Waals surface area contributed by atoms with Crippen molar-refractivity contribution in [2.75, 3.05) is 0 Å². The van der Waals surface area contributed by atoms with Gasteiger partial charge in [0.05, 0.1) is 0 Å². The lowest BCUT2D eigenvalue weighted by Crippen LogP contribution is -2.36. The fourth-order valence-electron chi connectivity index (χ4n) is 6.49. The number of unbranched alkanes of at least 4 members (excludes halogenated alkanes) is 14. The summed E-state index contributed by atoms with van der Waals surface area (Å²) >= 11 is 0. The highest BCUT2D eigenvalue weighted by molar-refractivity contribution is 5.13.